The molecule has 0 spiro atoms. The summed E-state index contributed by atoms with van der Waals surface area (Å²) in [5.74, 6) is -0.338. The van der Waals surface area contributed by atoms with E-state index < -0.39 is 11.5 Å². The van der Waals surface area contributed by atoms with Crippen LogP contribution in [0, 0.1) is 5.92 Å². The van der Waals surface area contributed by atoms with Gasteiger partial charge >= 0.3 is 0 Å². The van der Waals surface area contributed by atoms with Crippen LogP contribution in [-0.4, -0.2) is 65.6 Å². The topological polar surface area (TPSA) is 88.2 Å². The van der Waals surface area contributed by atoms with Gasteiger partial charge in [-0.05, 0) is 30.9 Å². The number of allylic oxidation sites excluding steroid dienone is 3. The number of carbonyl (C=O) groups is 2. The Bertz CT molecular complexity index is 722. The minimum Gasteiger partial charge on any atom is -0.484 e. The van der Waals surface area contributed by atoms with Crippen LogP contribution in [-0.2, 0) is 14.3 Å². The van der Waals surface area contributed by atoms with E-state index in [0.29, 0.717) is 6.61 Å². The standard InChI is InChI=1S/C18H24N4O3S/c1-18(14-8-6-10-26-14)12(15(23)22(3)17(19)20-18)11-21(2)16(24)13-7-4-5-9-25-13/h4-7,10,12,14H,8-9,11H2,1-3H3,(H2,19,20). The summed E-state index contributed by atoms with van der Waals surface area (Å²) in [5, 5.41) is 2.14. The first kappa shape index (κ1) is 18.6. The second-order valence-electron chi connectivity index (χ2n) is 6.83. The van der Waals surface area contributed by atoms with Crippen LogP contribution in [0.1, 0.15) is 13.3 Å². The predicted molar refractivity (Wildman–Crippen MR) is 102 cm³/mol. The number of rotatable bonds is 4. The van der Waals surface area contributed by atoms with Crippen LogP contribution in [0.2, 0.25) is 0 Å². The Morgan fingerprint density at radius 3 is 2.92 bits per heavy atom. The molecule has 8 heteroatoms. The van der Waals surface area contributed by atoms with E-state index in [2.05, 4.69) is 11.1 Å². The molecule has 0 aliphatic carbocycles. The van der Waals surface area contributed by atoms with Crippen LogP contribution in [0.25, 0.3) is 0 Å². The van der Waals surface area contributed by atoms with Crippen molar-refractivity contribution in [2.75, 3.05) is 27.2 Å². The van der Waals surface area contributed by atoms with Gasteiger partial charge in [-0.15, -0.1) is 11.8 Å². The number of hydrogen-bond donors (Lipinski definition) is 1. The van der Waals surface area contributed by atoms with Gasteiger partial charge in [0.15, 0.2) is 11.7 Å². The first-order chi connectivity index (χ1) is 12.3. The highest BCUT2D eigenvalue weighted by molar-refractivity contribution is 8.03. The number of thioether (sulfide) groups is 1. The third-order valence-electron chi connectivity index (χ3n) is 5.11. The molecule has 0 aromatic carbocycles. The van der Waals surface area contributed by atoms with Gasteiger partial charge in [-0.1, -0.05) is 12.2 Å². The molecular formula is C18H24N4O3S. The first-order valence-electron chi connectivity index (χ1n) is 8.53. The van der Waals surface area contributed by atoms with Crippen molar-refractivity contribution in [1.82, 2.24) is 9.80 Å². The Hall–Kier alpha value is -2.22. The number of carbonyl (C=O) groups excluding carboxylic acids is 2. The van der Waals surface area contributed by atoms with Gasteiger partial charge in [0.25, 0.3) is 5.91 Å². The van der Waals surface area contributed by atoms with Gasteiger partial charge in [0, 0.05) is 25.9 Å². The quantitative estimate of drug-likeness (QED) is 0.794. The third kappa shape index (κ3) is 3.25. The molecule has 0 aromatic rings. The number of nitrogens with two attached hydrogens (primary N) is 1. The monoisotopic (exact) mass is 376 g/mol. The van der Waals surface area contributed by atoms with Gasteiger partial charge in [0.1, 0.15) is 6.61 Å². The molecule has 3 heterocycles. The molecule has 0 fully saturated rings. The van der Waals surface area contributed by atoms with E-state index in [9.17, 15) is 9.59 Å². The summed E-state index contributed by atoms with van der Waals surface area (Å²) in [4.78, 5) is 33.2. The Kier molecular flexibility index (Phi) is 5.13. The molecule has 3 unspecified atom stereocenters. The normalized spacial score (nSPS) is 30.7. The lowest BCUT2D eigenvalue weighted by atomic mass is 9.79. The van der Waals surface area contributed by atoms with E-state index in [1.54, 1.807) is 38.0 Å². The Morgan fingerprint density at radius 2 is 2.31 bits per heavy atom. The van der Waals surface area contributed by atoms with Crippen molar-refractivity contribution in [2.24, 2.45) is 16.6 Å². The second-order valence-corrected chi connectivity index (χ2v) is 7.95. The van der Waals surface area contributed by atoms with Crippen molar-refractivity contribution in [1.29, 1.82) is 0 Å². The third-order valence-corrected chi connectivity index (χ3v) is 6.45. The van der Waals surface area contributed by atoms with Crippen molar-refractivity contribution in [3.63, 3.8) is 0 Å². The fraction of sp³-hybridized carbons (Fsp3) is 0.500. The van der Waals surface area contributed by atoms with Crippen molar-refractivity contribution in [3.05, 3.63) is 35.5 Å². The zero-order chi connectivity index (χ0) is 18.9. The highest BCUT2D eigenvalue weighted by Crippen LogP contribution is 2.42. The minimum absolute atomic E-state index is 0.111. The van der Waals surface area contributed by atoms with Crippen LogP contribution < -0.4 is 5.73 Å². The number of amides is 2. The van der Waals surface area contributed by atoms with Gasteiger partial charge in [-0.2, -0.15) is 0 Å². The number of hydrogen-bond acceptors (Lipinski definition) is 6. The van der Waals surface area contributed by atoms with E-state index in [1.165, 1.54) is 9.80 Å². The Labute approximate surface area is 157 Å². The molecule has 0 radical (unpaired) electrons. The molecule has 0 saturated heterocycles. The van der Waals surface area contributed by atoms with Gasteiger partial charge in [0.2, 0.25) is 5.91 Å². The van der Waals surface area contributed by atoms with Crippen LogP contribution in [0.5, 0.6) is 0 Å². The maximum atomic E-state index is 13.0. The number of guanidine groups is 1. The fourth-order valence-electron chi connectivity index (χ4n) is 3.39. The van der Waals surface area contributed by atoms with Crippen molar-refractivity contribution in [3.8, 4) is 0 Å². The lowest BCUT2D eigenvalue weighted by molar-refractivity contribution is -0.137. The Morgan fingerprint density at radius 1 is 1.54 bits per heavy atom. The van der Waals surface area contributed by atoms with Gasteiger partial charge in [0.05, 0.1) is 11.5 Å². The van der Waals surface area contributed by atoms with Crippen molar-refractivity contribution >= 4 is 29.5 Å². The average molecular weight is 376 g/mol. The number of ether oxygens (including phenoxy) is 1. The first-order valence-corrected chi connectivity index (χ1v) is 9.47. The van der Waals surface area contributed by atoms with Crippen LogP contribution >= 0.6 is 11.8 Å². The SMILES string of the molecule is CN(CC1C(=O)N(C)C(N)=NC1(C)C1CC=CS1)C(=O)C1=CC=CCO1. The molecule has 3 atom stereocenters. The van der Waals surface area contributed by atoms with Crippen molar-refractivity contribution in [2.45, 2.75) is 24.1 Å². The van der Waals surface area contributed by atoms with E-state index in [0.717, 1.165) is 6.42 Å². The molecule has 140 valence electrons. The molecule has 2 N–H and O–H groups in total. The molecule has 3 rings (SSSR count). The largest absolute Gasteiger partial charge is 0.484 e. The highest BCUT2D eigenvalue weighted by Gasteiger charge is 2.50. The maximum absolute atomic E-state index is 13.0. The van der Waals surface area contributed by atoms with E-state index >= 15 is 0 Å². The molecule has 7 nitrogen and oxygen atoms in total. The molecule has 0 aromatic heterocycles. The minimum atomic E-state index is -0.682. The molecule has 26 heavy (non-hydrogen) atoms. The molecule has 2 amide bonds. The van der Waals surface area contributed by atoms with Gasteiger partial charge < -0.3 is 15.4 Å². The lowest BCUT2D eigenvalue weighted by Crippen LogP contribution is -2.61. The van der Waals surface area contributed by atoms with E-state index in [-0.39, 0.29) is 35.3 Å². The molecule has 0 saturated carbocycles. The number of likely N-dealkylation sites (N-methyl/N-ethyl adjacent to an activating group) is 1. The average Bonchev–Trinajstić information content (AvgIpc) is 3.19. The molecule has 3 aliphatic rings. The van der Waals surface area contributed by atoms with E-state index in [1.807, 2.05) is 18.4 Å². The summed E-state index contributed by atoms with van der Waals surface area (Å²) in [6.07, 6.45) is 8.16. The smallest absolute Gasteiger partial charge is 0.288 e. The van der Waals surface area contributed by atoms with Crippen LogP contribution in [0.15, 0.2) is 40.5 Å². The summed E-state index contributed by atoms with van der Waals surface area (Å²) in [5.41, 5.74) is 5.31. The maximum Gasteiger partial charge on any atom is 0.288 e. The van der Waals surface area contributed by atoms with E-state index in [4.69, 9.17) is 10.5 Å². The summed E-state index contributed by atoms with van der Waals surface area (Å²) in [6.45, 7) is 2.58. The highest BCUT2D eigenvalue weighted by atomic mass is 32.2. The van der Waals surface area contributed by atoms with Crippen LogP contribution in [0.3, 0.4) is 0 Å². The van der Waals surface area contributed by atoms with Crippen molar-refractivity contribution < 1.29 is 14.3 Å². The predicted octanol–water partition coefficient (Wildman–Crippen LogP) is 1.10. The molecule has 0 bridgehead atoms. The summed E-state index contributed by atoms with van der Waals surface area (Å²) < 4.78 is 5.39. The molecule has 3 aliphatic heterocycles. The molecular weight excluding hydrogens is 352 g/mol. The summed E-state index contributed by atoms with van der Waals surface area (Å²) in [6, 6.07) is 0. The van der Waals surface area contributed by atoms with Crippen LogP contribution in [0.4, 0.5) is 0 Å². The lowest BCUT2D eigenvalue weighted by Gasteiger charge is -2.44. The second kappa shape index (κ2) is 7.19. The zero-order valence-electron chi connectivity index (χ0n) is 15.2. The Balaban J connectivity index is 1.85. The summed E-state index contributed by atoms with van der Waals surface area (Å²) >= 11 is 1.66. The van der Waals surface area contributed by atoms with Gasteiger partial charge in [-0.3, -0.25) is 14.5 Å². The number of aliphatic imine (C=N–C) groups is 1. The number of nitrogens with zero attached hydrogens (tertiary/aromatic N) is 3. The summed E-state index contributed by atoms with van der Waals surface area (Å²) in [7, 11) is 3.30. The van der Waals surface area contributed by atoms with Gasteiger partial charge in [-0.25, -0.2) is 4.99 Å². The zero-order valence-corrected chi connectivity index (χ0v) is 16.0. The fourth-order valence-corrected chi connectivity index (χ4v) is 4.52.